The second kappa shape index (κ2) is 17.2. The first kappa shape index (κ1) is 35.0. The van der Waals surface area contributed by atoms with Gasteiger partial charge in [0.25, 0.3) is 11.8 Å². The lowest BCUT2D eigenvalue weighted by molar-refractivity contribution is 0.0909. The lowest BCUT2D eigenvalue weighted by Crippen LogP contribution is -2.39. The van der Waals surface area contributed by atoms with E-state index in [-0.39, 0.29) is 23.9 Å². The zero-order valence-corrected chi connectivity index (χ0v) is 29.1. The van der Waals surface area contributed by atoms with Crippen LogP contribution in [-0.4, -0.2) is 43.8 Å². The molecule has 2 aliphatic rings. The Hall–Kier alpha value is -4.86. The number of nitrogens with one attached hydrogen (secondary N) is 2. The minimum absolute atomic E-state index is 0.0510. The largest absolute Gasteiger partial charge is 0.486 e. The molecule has 2 fully saturated rings. The molecule has 2 atom stereocenters. The summed E-state index contributed by atoms with van der Waals surface area (Å²) in [5, 5.41) is 6.36. The number of ether oxygens (including phenoxy) is 2. The molecule has 4 heterocycles. The Bertz CT molecular complexity index is 1670. The van der Waals surface area contributed by atoms with Crippen LogP contribution in [0.15, 0.2) is 79.6 Å². The molecule has 0 bridgehead atoms. The summed E-state index contributed by atoms with van der Waals surface area (Å²) < 4.78 is 11.8. The number of carbonyl (C=O) groups is 2. The fraction of sp³-hybridized carbons (Fsp3) is 0.450. The minimum Gasteiger partial charge on any atom is -0.486 e. The molecule has 4 aromatic heterocycles. The normalized spacial score (nSPS) is 19.2. The van der Waals surface area contributed by atoms with Crippen molar-refractivity contribution in [2.45, 2.75) is 103 Å². The Balaban J connectivity index is 0.925. The Morgan fingerprint density at radius 3 is 1.82 bits per heavy atom. The van der Waals surface area contributed by atoms with Crippen molar-refractivity contribution in [3.05, 3.63) is 108 Å². The maximum absolute atomic E-state index is 13.0. The van der Waals surface area contributed by atoms with Crippen LogP contribution in [0, 0.1) is 11.8 Å². The van der Waals surface area contributed by atoms with Crippen LogP contribution in [0.2, 0.25) is 0 Å². The molecule has 0 saturated heterocycles. The number of rotatable bonds is 13. The van der Waals surface area contributed by atoms with Gasteiger partial charge >= 0.3 is 0 Å². The lowest BCUT2D eigenvalue weighted by atomic mass is 9.76. The Morgan fingerprint density at radius 2 is 1.26 bits per heavy atom. The van der Waals surface area contributed by atoms with Crippen LogP contribution in [0.25, 0.3) is 0 Å². The van der Waals surface area contributed by atoms with Gasteiger partial charge in [-0.3, -0.25) is 29.5 Å². The van der Waals surface area contributed by atoms with Gasteiger partial charge in [0.05, 0.1) is 34.9 Å². The molecule has 0 radical (unpaired) electrons. The number of hydrogen-bond donors (Lipinski definition) is 2. The van der Waals surface area contributed by atoms with Gasteiger partial charge in [0.15, 0.2) is 0 Å². The highest BCUT2D eigenvalue weighted by Crippen LogP contribution is 2.38. The molecule has 0 spiro atoms. The molecular formula is C40H48N6O4. The van der Waals surface area contributed by atoms with E-state index >= 15 is 0 Å². The summed E-state index contributed by atoms with van der Waals surface area (Å²) in [6, 6.07) is 13.2. The van der Waals surface area contributed by atoms with Crippen LogP contribution in [0.1, 0.15) is 115 Å². The smallest absolute Gasteiger partial charge is 0.253 e. The molecule has 2 amide bonds. The van der Waals surface area contributed by atoms with Crippen LogP contribution < -0.4 is 20.1 Å². The van der Waals surface area contributed by atoms with Crippen LogP contribution >= 0.6 is 0 Å². The van der Waals surface area contributed by atoms with Gasteiger partial charge in [-0.1, -0.05) is 19.3 Å². The molecular weight excluding hydrogens is 628 g/mol. The summed E-state index contributed by atoms with van der Waals surface area (Å²) in [6.07, 6.45) is 20.5. The lowest BCUT2D eigenvalue weighted by Gasteiger charge is -2.32. The average Bonchev–Trinajstić information content (AvgIpc) is 3.17. The molecule has 2 unspecified atom stereocenters. The van der Waals surface area contributed by atoms with E-state index in [1.807, 2.05) is 36.5 Å². The molecule has 0 aliphatic heterocycles. The average molecular weight is 677 g/mol. The fourth-order valence-electron chi connectivity index (χ4n) is 7.18. The SMILES string of the molecule is CC(NC(=O)c1ccc(COc2cncc(C3CCC(C(C)NC(=O)c4ccc(COc5cccnc5)nc4)CC3)c2)nc1)C1CCCCC1. The molecule has 0 aromatic carbocycles. The first-order valence-electron chi connectivity index (χ1n) is 18.0. The van der Waals surface area contributed by atoms with Crippen molar-refractivity contribution in [1.82, 2.24) is 30.6 Å². The Morgan fingerprint density at radius 1 is 0.680 bits per heavy atom. The first-order chi connectivity index (χ1) is 24.4. The van der Waals surface area contributed by atoms with E-state index in [9.17, 15) is 9.59 Å². The van der Waals surface area contributed by atoms with Crippen molar-refractivity contribution in [1.29, 1.82) is 0 Å². The number of pyridine rings is 4. The predicted octanol–water partition coefficient (Wildman–Crippen LogP) is 7.22. The second-order valence-electron chi connectivity index (χ2n) is 13.8. The number of carbonyl (C=O) groups excluding carboxylic acids is 2. The van der Waals surface area contributed by atoms with Gasteiger partial charge in [0.2, 0.25) is 0 Å². The van der Waals surface area contributed by atoms with Crippen LogP contribution in [0.3, 0.4) is 0 Å². The molecule has 2 aliphatic carbocycles. The van der Waals surface area contributed by atoms with E-state index in [0.717, 1.165) is 37.1 Å². The quantitative estimate of drug-likeness (QED) is 0.152. The molecule has 4 aromatic rings. The Kier molecular flexibility index (Phi) is 12.0. The molecule has 2 N–H and O–H groups in total. The number of aromatic nitrogens is 4. The van der Waals surface area contributed by atoms with Gasteiger partial charge in [-0.15, -0.1) is 0 Å². The summed E-state index contributed by atoms with van der Waals surface area (Å²) in [5.41, 5.74) is 3.77. The van der Waals surface area contributed by atoms with Crippen LogP contribution in [0.4, 0.5) is 0 Å². The predicted molar refractivity (Wildman–Crippen MR) is 191 cm³/mol. The third-order valence-corrected chi connectivity index (χ3v) is 10.3. The summed E-state index contributed by atoms with van der Waals surface area (Å²) in [4.78, 5) is 43.2. The molecule has 2 saturated carbocycles. The highest BCUT2D eigenvalue weighted by Gasteiger charge is 2.28. The maximum atomic E-state index is 13.0. The third-order valence-electron chi connectivity index (χ3n) is 10.3. The zero-order valence-electron chi connectivity index (χ0n) is 29.1. The fourth-order valence-corrected chi connectivity index (χ4v) is 7.18. The van der Waals surface area contributed by atoms with Gasteiger partial charge in [-0.05, 0) is 118 Å². The number of hydrogen-bond acceptors (Lipinski definition) is 8. The van der Waals surface area contributed by atoms with E-state index in [1.54, 1.807) is 37.1 Å². The summed E-state index contributed by atoms with van der Waals surface area (Å²) >= 11 is 0. The highest BCUT2D eigenvalue weighted by molar-refractivity contribution is 5.94. The first-order valence-corrected chi connectivity index (χ1v) is 18.0. The van der Waals surface area contributed by atoms with E-state index in [0.29, 0.717) is 53.6 Å². The number of amides is 2. The standard InChI is InChI=1S/C40H48N6O4/c1-27(29-7-4-3-5-8-29)45-39(47)32-15-17-36(44-22-32)26-50-38-19-34(20-42-24-38)31-12-10-30(11-13-31)28(2)46-40(48)33-14-16-35(43-21-33)25-49-37-9-6-18-41-23-37/h6,9,14-24,27-31H,3-5,7-8,10-13,25-26H2,1-2H3,(H,45,47)(H,46,48). The van der Waals surface area contributed by atoms with Crippen molar-refractivity contribution < 1.29 is 19.1 Å². The molecule has 50 heavy (non-hydrogen) atoms. The number of nitrogens with zero attached hydrogens (tertiary/aromatic N) is 4. The summed E-state index contributed by atoms with van der Waals surface area (Å²) in [5.74, 6) is 2.54. The van der Waals surface area contributed by atoms with Gasteiger partial charge in [0.1, 0.15) is 24.7 Å². The molecule has 10 heteroatoms. The second-order valence-corrected chi connectivity index (χ2v) is 13.8. The van der Waals surface area contributed by atoms with Crippen molar-refractivity contribution in [2.75, 3.05) is 0 Å². The van der Waals surface area contributed by atoms with Gasteiger partial charge in [0, 0.05) is 36.9 Å². The van der Waals surface area contributed by atoms with Crippen molar-refractivity contribution in [3.8, 4) is 11.5 Å². The van der Waals surface area contributed by atoms with E-state index in [4.69, 9.17) is 9.47 Å². The monoisotopic (exact) mass is 676 g/mol. The van der Waals surface area contributed by atoms with Crippen molar-refractivity contribution >= 4 is 11.8 Å². The van der Waals surface area contributed by atoms with Gasteiger partial charge in [-0.25, -0.2) is 0 Å². The van der Waals surface area contributed by atoms with Crippen LogP contribution in [-0.2, 0) is 13.2 Å². The molecule has 6 rings (SSSR count). The third kappa shape index (κ3) is 9.64. The Labute approximate surface area is 294 Å². The van der Waals surface area contributed by atoms with E-state index < -0.39 is 0 Å². The maximum Gasteiger partial charge on any atom is 0.253 e. The molecule has 10 nitrogen and oxygen atoms in total. The topological polar surface area (TPSA) is 128 Å². The van der Waals surface area contributed by atoms with E-state index in [2.05, 4.69) is 50.5 Å². The van der Waals surface area contributed by atoms with Crippen molar-refractivity contribution in [3.63, 3.8) is 0 Å². The minimum atomic E-state index is -0.113. The van der Waals surface area contributed by atoms with Crippen LogP contribution in [0.5, 0.6) is 11.5 Å². The zero-order chi connectivity index (χ0) is 34.7. The van der Waals surface area contributed by atoms with Crippen molar-refractivity contribution in [2.24, 2.45) is 11.8 Å². The van der Waals surface area contributed by atoms with Gasteiger partial charge in [-0.2, -0.15) is 0 Å². The summed E-state index contributed by atoms with van der Waals surface area (Å²) in [7, 11) is 0. The molecule has 262 valence electrons. The van der Waals surface area contributed by atoms with E-state index in [1.165, 1.54) is 37.7 Å². The summed E-state index contributed by atoms with van der Waals surface area (Å²) in [6.45, 7) is 4.81. The van der Waals surface area contributed by atoms with Gasteiger partial charge < -0.3 is 20.1 Å². The highest BCUT2D eigenvalue weighted by atomic mass is 16.5.